The minimum atomic E-state index is -4.23. The van der Waals surface area contributed by atoms with Gasteiger partial charge in [-0.2, -0.15) is 4.72 Å². The average molecular weight is 368 g/mol. The Morgan fingerprint density at radius 3 is 2.55 bits per heavy atom. The molecule has 0 amide bonds. The lowest BCUT2D eigenvalue weighted by Gasteiger charge is -2.20. The number of aliphatic carboxylic acids is 1. The van der Waals surface area contributed by atoms with Crippen molar-refractivity contribution in [1.82, 2.24) is 4.72 Å². The number of sulfonamides is 1. The third-order valence-corrected chi connectivity index (χ3v) is 4.91. The normalized spacial score (nSPS) is 14.8. The summed E-state index contributed by atoms with van der Waals surface area (Å²) in [6.45, 7) is 3.36. The van der Waals surface area contributed by atoms with Crippen molar-refractivity contribution in [2.24, 2.45) is 5.92 Å². The van der Waals surface area contributed by atoms with Crippen molar-refractivity contribution >= 4 is 31.9 Å². The first kappa shape index (κ1) is 17.1. The van der Waals surface area contributed by atoms with Crippen molar-refractivity contribution in [2.45, 2.75) is 31.2 Å². The zero-order chi connectivity index (χ0) is 15.5. The molecule has 1 rings (SSSR count). The first-order chi connectivity index (χ1) is 9.19. The summed E-state index contributed by atoms with van der Waals surface area (Å²) in [5.74, 6) is -2.65. The Bertz CT molecular complexity index is 605. The number of halogens is 2. The lowest BCUT2D eigenvalue weighted by Crippen LogP contribution is -2.45. The van der Waals surface area contributed by atoms with E-state index in [0.29, 0.717) is 10.9 Å². The Kier molecular flexibility index (Phi) is 5.67. The molecule has 1 aromatic carbocycles. The lowest BCUT2D eigenvalue weighted by atomic mass is 10.0. The molecule has 112 valence electrons. The van der Waals surface area contributed by atoms with Gasteiger partial charge in [0.25, 0.3) is 0 Å². The fourth-order valence-corrected chi connectivity index (χ4v) is 3.26. The van der Waals surface area contributed by atoms with Gasteiger partial charge in [0.15, 0.2) is 0 Å². The molecule has 0 saturated heterocycles. The number of carboxylic acids is 1. The molecule has 0 aliphatic carbocycles. The monoisotopic (exact) mass is 367 g/mol. The maximum atomic E-state index is 13.7. The molecular formula is C12H15BrFNO4S. The first-order valence-corrected chi connectivity index (χ1v) is 8.16. The van der Waals surface area contributed by atoms with Crippen molar-refractivity contribution in [3.05, 3.63) is 28.5 Å². The Labute approximate surface area is 125 Å². The number of carboxylic acid groups (broad SMARTS) is 1. The number of benzene rings is 1. The molecule has 1 aromatic rings. The minimum absolute atomic E-state index is 0.394. The third-order valence-electron chi connectivity index (χ3n) is 2.94. The smallest absolute Gasteiger partial charge is 0.322 e. The highest BCUT2D eigenvalue weighted by molar-refractivity contribution is 9.10. The van der Waals surface area contributed by atoms with Gasteiger partial charge in [0, 0.05) is 4.47 Å². The fourth-order valence-electron chi connectivity index (χ4n) is 1.57. The summed E-state index contributed by atoms with van der Waals surface area (Å²) < 4.78 is 40.3. The van der Waals surface area contributed by atoms with E-state index in [1.165, 1.54) is 6.07 Å². The van der Waals surface area contributed by atoms with E-state index in [1.807, 2.05) is 4.72 Å². The highest BCUT2D eigenvalue weighted by Gasteiger charge is 2.30. The number of nitrogens with one attached hydrogen (secondary N) is 1. The van der Waals surface area contributed by atoms with Gasteiger partial charge < -0.3 is 5.11 Å². The van der Waals surface area contributed by atoms with Crippen LogP contribution in [0, 0.1) is 11.7 Å². The molecule has 0 heterocycles. The van der Waals surface area contributed by atoms with E-state index in [-0.39, 0.29) is 0 Å². The Hall–Kier alpha value is -0.990. The zero-order valence-electron chi connectivity index (χ0n) is 10.9. The molecular weight excluding hydrogens is 353 g/mol. The van der Waals surface area contributed by atoms with Crippen LogP contribution in [0.1, 0.15) is 20.3 Å². The van der Waals surface area contributed by atoms with Crippen LogP contribution in [0.15, 0.2) is 27.6 Å². The molecule has 0 spiro atoms. The maximum Gasteiger partial charge on any atom is 0.322 e. The van der Waals surface area contributed by atoms with Gasteiger partial charge in [-0.1, -0.05) is 36.2 Å². The van der Waals surface area contributed by atoms with Crippen LogP contribution in [-0.4, -0.2) is 25.5 Å². The Balaban J connectivity index is 3.13. The zero-order valence-corrected chi connectivity index (χ0v) is 13.3. The number of hydrogen-bond donors (Lipinski definition) is 2. The Morgan fingerprint density at radius 1 is 1.50 bits per heavy atom. The van der Waals surface area contributed by atoms with Gasteiger partial charge in [0.2, 0.25) is 10.0 Å². The summed E-state index contributed by atoms with van der Waals surface area (Å²) in [7, 11) is -4.23. The molecule has 5 nitrogen and oxygen atoms in total. The standard InChI is InChI=1S/C12H15BrFNO4S/c1-3-7(2)11(12(16)17)15-20(18,19)10-5-4-8(13)6-9(10)14/h4-7,11,15H,3H2,1-2H3,(H,16,17)/t7?,11-/m0/s1. The molecule has 2 atom stereocenters. The molecule has 8 heteroatoms. The molecule has 0 aliphatic heterocycles. The van der Waals surface area contributed by atoms with E-state index in [0.717, 1.165) is 12.1 Å². The predicted molar refractivity (Wildman–Crippen MR) is 75.3 cm³/mol. The van der Waals surface area contributed by atoms with Gasteiger partial charge in [0.05, 0.1) is 0 Å². The van der Waals surface area contributed by atoms with E-state index >= 15 is 0 Å². The van der Waals surface area contributed by atoms with Crippen LogP contribution in [0.3, 0.4) is 0 Å². The predicted octanol–water partition coefficient (Wildman–Crippen LogP) is 2.37. The largest absolute Gasteiger partial charge is 0.480 e. The van der Waals surface area contributed by atoms with Gasteiger partial charge in [0.1, 0.15) is 16.8 Å². The van der Waals surface area contributed by atoms with Gasteiger partial charge in [-0.05, 0) is 24.1 Å². The fraction of sp³-hybridized carbons (Fsp3) is 0.417. The molecule has 0 saturated carbocycles. The molecule has 2 N–H and O–H groups in total. The van der Waals surface area contributed by atoms with E-state index in [4.69, 9.17) is 5.11 Å². The number of rotatable bonds is 6. The van der Waals surface area contributed by atoms with E-state index < -0.39 is 38.7 Å². The highest BCUT2D eigenvalue weighted by atomic mass is 79.9. The lowest BCUT2D eigenvalue weighted by molar-refractivity contribution is -0.140. The summed E-state index contributed by atoms with van der Waals surface area (Å²) in [6, 6.07) is 2.16. The van der Waals surface area contributed by atoms with Crippen molar-refractivity contribution in [1.29, 1.82) is 0 Å². The van der Waals surface area contributed by atoms with Crippen molar-refractivity contribution in [3.8, 4) is 0 Å². The van der Waals surface area contributed by atoms with Gasteiger partial charge in [-0.3, -0.25) is 4.79 Å². The summed E-state index contributed by atoms with van der Waals surface area (Å²) >= 11 is 3.02. The number of hydrogen-bond acceptors (Lipinski definition) is 3. The summed E-state index contributed by atoms with van der Waals surface area (Å²) in [5.41, 5.74) is 0. The first-order valence-electron chi connectivity index (χ1n) is 5.89. The van der Waals surface area contributed by atoms with E-state index in [1.54, 1.807) is 13.8 Å². The molecule has 0 aliphatic rings. The average Bonchev–Trinajstić information content (AvgIpc) is 2.34. The highest BCUT2D eigenvalue weighted by Crippen LogP contribution is 2.20. The topological polar surface area (TPSA) is 83.5 Å². The van der Waals surface area contributed by atoms with Crippen molar-refractivity contribution in [3.63, 3.8) is 0 Å². The van der Waals surface area contributed by atoms with Crippen molar-refractivity contribution in [2.75, 3.05) is 0 Å². The second kappa shape index (κ2) is 6.64. The molecule has 1 unspecified atom stereocenters. The summed E-state index contributed by atoms with van der Waals surface area (Å²) in [6.07, 6.45) is 0.475. The van der Waals surface area contributed by atoms with Gasteiger partial charge >= 0.3 is 5.97 Å². The van der Waals surface area contributed by atoms with Crippen LogP contribution in [-0.2, 0) is 14.8 Å². The van der Waals surface area contributed by atoms with E-state index in [9.17, 15) is 17.6 Å². The van der Waals surface area contributed by atoms with Gasteiger partial charge in [-0.15, -0.1) is 0 Å². The summed E-state index contributed by atoms with van der Waals surface area (Å²) in [5, 5.41) is 9.07. The molecule has 0 fully saturated rings. The van der Waals surface area contributed by atoms with Crippen molar-refractivity contribution < 1.29 is 22.7 Å². The van der Waals surface area contributed by atoms with Gasteiger partial charge in [-0.25, -0.2) is 12.8 Å². The molecule has 0 bridgehead atoms. The Morgan fingerprint density at radius 2 is 2.10 bits per heavy atom. The van der Waals surface area contributed by atoms with Crippen LogP contribution in [0.5, 0.6) is 0 Å². The van der Waals surface area contributed by atoms with Crippen LogP contribution in [0.25, 0.3) is 0 Å². The number of carbonyl (C=O) groups is 1. The molecule has 0 aromatic heterocycles. The van der Waals surface area contributed by atoms with Crippen LogP contribution < -0.4 is 4.72 Å². The SMILES string of the molecule is CCC(C)[C@H](NS(=O)(=O)c1ccc(Br)cc1F)C(=O)O. The second-order valence-corrected chi connectivity index (χ2v) is 7.00. The third kappa shape index (κ3) is 4.00. The second-order valence-electron chi connectivity index (χ2n) is 4.40. The van der Waals surface area contributed by atoms with E-state index in [2.05, 4.69) is 15.9 Å². The quantitative estimate of drug-likeness (QED) is 0.808. The van der Waals surface area contributed by atoms with Crippen LogP contribution in [0.2, 0.25) is 0 Å². The maximum absolute atomic E-state index is 13.7. The summed E-state index contributed by atoms with van der Waals surface area (Å²) in [4.78, 5) is 10.5. The molecule has 20 heavy (non-hydrogen) atoms. The van der Waals surface area contributed by atoms with Crippen LogP contribution >= 0.6 is 15.9 Å². The minimum Gasteiger partial charge on any atom is -0.480 e. The van der Waals surface area contributed by atoms with Crippen LogP contribution in [0.4, 0.5) is 4.39 Å². The molecule has 0 radical (unpaired) electrons.